The van der Waals surface area contributed by atoms with Crippen molar-refractivity contribution in [2.24, 2.45) is 5.92 Å². The summed E-state index contributed by atoms with van der Waals surface area (Å²) in [5.41, 5.74) is 2.34. The number of rotatable bonds is 9. The second kappa shape index (κ2) is 9.89. The van der Waals surface area contributed by atoms with Crippen LogP contribution in [0.2, 0.25) is 0 Å². The average molecular weight is 393 g/mol. The SMILES string of the molecule is CCCCC(O)c1ccc(C2CCC(Cl)C2COCc2cccs2)cc1. The molecule has 0 spiro atoms. The molecule has 1 aliphatic carbocycles. The lowest BCUT2D eigenvalue weighted by atomic mass is 9.88. The van der Waals surface area contributed by atoms with E-state index in [-0.39, 0.29) is 11.5 Å². The lowest BCUT2D eigenvalue weighted by Crippen LogP contribution is -2.20. The summed E-state index contributed by atoms with van der Waals surface area (Å²) >= 11 is 8.34. The van der Waals surface area contributed by atoms with Gasteiger partial charge in [0.25, 0.3) is 0 Å². The fraction of sp³-hybridized carbons (Fsp3) is 0.545. The van der Waals surface area contributed by atoms with Crippen LogP contribution in [0.1, 0.15) is 67.1 Å². The number of ether oxygens (including phenoxy) is 1. The molecular weight excluding hydrogens is 364 g/mol. The van der Waals surface area contributed by atoms with Crippen molar-refractivity contribution < 1.29 is 9.84 Å². The molecule has 4 unspecified atom stereocenters. The van der Waals surface area contributed by atoms with Crippen molar-refractivity contribution in [3.05, 3.63) is 57.8 Å². The topological polar surface area (TPSA) is 29.5 Å². The predicted molar refractivity (Wildman–Crippen MR) is 110 cm³/mol. The van der Waals surface area contributed by atoms with Crippen LogP contribution in [0.25, 0.3) is 0 Å². The van der Waals surface area contributed by atoms with Crippen LogP contribution in [-0.4, -0.2) is 17.1 Å². The zero-order valence-electron chi connectivity index (χ0n) is 15.4. The number of thiophene rings is 1. The molecule has 142 valence electrons. The Hall–Kier alpha value is -0.870. The van der Waals surface area contributed by atoms with E-state index >= 15 is 0 Å². The maximum Gasteiger partial charge on any atom is 0.0809 e. The molecule has 0 bridgehead atoms. The summed E-state index contributed by atoms with van der Waals surface area (Å²) in [6.45, 7) is 3.53. The fourth-order valence-electron chi connectivity index (χ4n) is 3.87. The first-order chi connectivity index (χ1) is 12.7. The first-order valence-electron chi connectivity index (χ1n) is 9.71. The van der Waals surface area contributed by atoms with Crippen molar-refractivity contribution >= 4 is 22.9 Å². The molecule has 1 heterocycles. The van der Waals surface area contributed by atoms with Crippen molar-refractivity contribution in [1.82, 2.24) is 0 Å². The normalized spacial score (nSPS) is 24.0. The average Bonchev–Trinajstić information content (AvgIpc) is 3.30. The van der Waals surface area contributed by atoms with Gasteiger partial charge in [0.15, 0.2) is 0 Å². The molecule has 1 aromatic heterocycles. The van der Waals surface area contributed by atoms with Gasteiger partial charge in [-0.05, 0) is 47.8 Å². The Balaban J connectivity index is 1.59. The maximum absolute atomic E-state index is 10.3. The molecule has 0 aliphatic heterocycles. The van der Waals surface area contributed by atoms with Crippen molar-refractivity contribution in [2.45, 2.75) is 63.0 Å². The predicted octanol–water partition coefficient (Wildman–Crippen LogP) is 6.29. The van der Waals surface area contributed by atoms with E-state index in [1.165, 1.54) is 10.4 Å². The summed E-state index contributed by atoms with van der Waals surface area (Å²) in [6, 6.07) is 12.7. The van der Waals surface area contributed by atoms with E-state index in [0.717, 1.165) is 37.7 Å². The van der Waals surface area contributed by atoms with Gasteiger partial charge in [0, 0.05) is 16.2 Å². The Morgan fingerprint density at radius 3 is 2.73 bits per heavy atom. The highest BCUT2D eigenvalue weighted by molar-refractivity contribution is 7.09. The quantitative estimate of drug-likeness (QED) is 0.508. The van der Waals surface area contributed by atoms with Gasteiger partial charge in [-0.25, -0.2) is 0 Å². The third-order valence-electron chi connectivity index (χ3n) is 5.45. The lowest BCUT2D eigenvalue weighted by Gasteiger charge is -2.23. The van der Waals surface area contributed by atoms with Crippen LogP contribution < -0.4 is 0 Å². The highest BCUT2D eigenvalue weighted by Gasteiger charge is 2.36. The molecule has 0 saturated heterocycles. The molecule has 1 saturated carbocycles. The number of hydrogen-bond acceptors (Lipinski definition) is 3. The van der Waals surface area contributed by atoms with Crippen molar-refractivity contribution in [3.63, 3.8) is 0 Å². The minimum absolute atomic E-state index is 0.179. The van der Waals surface area contributed by atoms with E-state index in [2.05, 4.69) is 48.7 Å². The summed E-state index contributed by atoms with van der Waals surface area (Å²) in [4.78, 5) is 1.26. The number of benzene rings is 1. The molecule has 0 radical (unpaired) electrons. The largest absolute Gasteiger partial charge is 0.388 e. The fourth-order valence-corrected chi connectivity index (χ4v) is 4.89. The van der Waals surface area contributed by atoms with Gasteiger partial charge < -0.3 is 9.84 Å². The Kier molecular flexibility index (Phi) is 7.56. The Labute approximate surface area is 166 Å². The molecule has 3 rings (SSSR count). The number of hydrogen-bond donors (Lipinski definition) is 1. The van der Waals surface area contributed by atoms with Crippen LogP contribution in [0.3, 0.4) is 0 Å². The lowest BCUT2D eigenvalue weighted by molar-refractivity contribution is 0.0863. The van der Waals surface area contributed by atoms with Gasteiger partial charge in [0.2, 0.25) is 0 Å². The van der Waals surface area contributed by atoms with Crippen molar-refractivity contribution in [3.8, 4) is 0 Å². The van der Waals surface area contributed by atoms with Gasteiger partial charge in [-0.3, -0.25) is 0 Å². The number of unbranched alkanes of at least 4 members (excludes halogenated alkanes) is 1. The minimum atomic E-state index is -0.349. The Bertz CT molecular complexity index is 641. The molecule has 4 atom stereocenters. The van der Waals surface area contributed by atoms with E-state index in [1.54, 1.807) is 11.3 Å². The van der Waals surface area contributed by atoms with Crippen LogP contribution in [0, 0.1) is 5.92 Å². The molecule has 1 aliphatic rings. The van der Waals surface area contributed by atoms with Gasteiger partial charge in [-0.1, -0.05) is 50.1 Å². The summed E-state index contributed by atoms with van der Waals surface area (Å²) < 4.78 is 5.98. The van der Waals surface area contributed by atoms with Crippen LogP contribution in [0.5, 0.6) is 0 Å². The van der Waals surface area contributed by atoms with Gasteiger partial charge in [-0.2, -0.15) is 0 Å². The van der Waals surface area contributed by atoms with E-state index in [9.17, 15) is 5.11 Å². The summed E-state index contributed by atoms with van der Waals surface area (Å²) in [5, 5.41) is 12.5. The van der Waals surface area contributed by atoms with E-state index in [1.807, 2.05) is 0 Å². The smallest absolute Gasteiger partial charge is 0.0809 e. The number of alkyl halides is 1. The molecular formula is C22H29ClO2S. The van der Waals surface area contributed by atoms with E-state index < -0.39 is 0 Å². The zero-order chi connectivity index (χ0) is 18.4. The summed E-state index contributed by atoms with van der Waals surface area (Å²) in [6.07, 6.45) is 4.81. The third kappa shape index (κ3) is 5.10. The highest BCUT2D eigenvalue weighted by atomic mass is 35.5. The van der Waals surface area contributed by atoms with E-state index in [4.69, 9.17) is 16.3 Å². The molecule has 26 heavy (non-hydrogen) atoms. The number of aliphatic hydroxyl groups excluding tert-OH is 1. The van der Waals surface area contributed by atoms with E-state index in [0.29, 0.717) is 25.0 Å². The summed E-state index contributed by atoms with van der Waals surface area (Å²) in [5.74, 6) is 0.801. The number of halogens is 1. The van der Waals surface area contributed by atoms with Crippen LogP contribution in [0.15, 0.2) is 41.8 Å². The molecule has 2 nitrogen and oxygen atoms in total. The van der Waals surface area contributed by atoms with Gasteiger partial charge in [0.1, 0.15) is 0 Å². The van der Waals surface area contributed by atoms with Gasteiger partial charge >= 0.3 is 0 Å². The monoisotopic (exact) mass is 392 g/mol. The Morgan fingerprint density at radius 1 is 1.23 bits per heavy atom. The zero-order valence-corrected chi connectivity index (χ0v) is 17.0. The number of aliphatic hydroxyl groups is 1. The molecule has 1 N–H and O–H groups in total. The first kappa shape index (κ1) is 19.9. The van der Waals surface area contributed by atoms with Gasteiger partial charge in [-0.15, -0.1) is 22.9 Å². The van der Waals surface area contributed by atoms with Gasteiger partial charge in [0.05, 0.1) is 19.3 Å². The molecule has 4 heteroatoms. The second-order valence-corrected chi connectivity index (χ2v) is 8.88. The standard InChI is InChI=1S/C22H29ClO2S/c1-2-3-6-22(24)17-9-7-16(8-10-17)19-11-12-21(23)20(19)15-25-14-18-5-4-13-26-18/h4-5,7-10,13,19-22,24H,2-3,6,11-12,14-15H2,1H3. The maximum atomic E-state index is 10.3. The van der Waals surface area contributed by atoms with Crippen LogP contribution in [-0.2, 0) is 11.3 Å². The minimum Gasteiger partial charge on any atom is -0.388 e. The third-order valence-corrected chi connectivity index (χ3v) is 6.84. The van der Waals surface area contributed by atoms with Crippen LogP contribution >= 0.6 is 22.9 Å². The van der Waals surface area contributed by atoms with Crippen molar-refractivity contribution in [1.29, 1.82) is 0 Å². The molecule has 1 fully saturated rings. The first-order valence-corrected chi connectivity index (χ1v) is 11.0. The van der Waals surface area contributed by atoms with Crippen LogP contribution in [0.4, 0.5) is 0 Å². The molecule has 0 amide bonds. The van der Waals surface area contributed by atoms with Crippen molar-refractivity contribution in [2.75, 3.05) is 6.61 Å². The second-order valence-electron chi connectivity index (χ2n) is 7.28. The molecule has 1 aromatic carbocycles. The highest BCUT2D eigenvalue weighted by Crippen LogP contribution is 2.43. The molecule has 2 aromatic rings. The summed E-state index contributed by atoms with van der Waals surface area (Å²) in [7, 11) is 0. The Morgan fingerprint density at radius 2 is 2.04 bits per heavy atom.